The van der Waals surface area contributed by atoms with Crippen LogP contribution in [0.5, 0.6) is 0 Å². The van der Waals surface area contributed by atoms with Crippen molar-refractivity contribution in [3.8, 4) is 0 Å². The van der Waals surface area contributed by atoms with Crippen LogP contribution < -0.4 is 16.4 Å². The van der Waals surface area contributed by atoms with E-state index in [2.05, 4.69) is 10.6 Å². The monoisotopic (exact) mass is 187 g/mol. The summed E-state index contributed by atoms with van der Waals surface area (Å²) in [6.07, 6.45) is 0.562. The van der Waals surface area contributed by atoms with E-state index in [1.807, 2.05) is 6.92 Å². The Balaban J connectivity index is 3.98. The lowest BCUT2D eigenvalue weighted by molar-refractivity contribution is -0.129. The van der Waals surface area contributed by atoms with Crippen LogP contribution in [0.25, 0.3) is 0 Å². The lowest BCUT2D eigenvalue weighted by Crippen LogP contribution is -2.49. The molecule has 13 heavy (non-hydrogen) atoms. The molecule has 0 heterocycles. The van der Waals surface area contributed by atoms with Gasteiger partial charge in [-0.2, -0.15) is 0 Å². The van der Waals surface area contributed by atoms with Crippen LogP contribution >= 0.6 is 0 Å². The van der Waals surface area contributed by atoms with Crippen LogP contribution in [0.1, 0.15) is 20.3 Å². The summed E-state index contributed by atoms with van der Waals surface area (Å²) < 4.78 is 0. The normalized spacial score (nSPS) is 14.5. The van der Waals surface area contributed by atoms with E-state index in [4.69, 9.17) is 5.73 Å². The Morgan fingerprint density at radius 2 is 1.92 bits per heavy atom. The van der Waals surface area contributed by atoms with Crippen LogP contribution in [0.15, 0.2) is 0 Å². The number of nitrogens with two attached hydrogens (primary N) is 1. The van der Waals surface area contributed by atoms with Crippen LogP contribution in [0, 0.1) is 0 Å². The Hall–Kier alpha value is -1.10. The number of hydrogen-bond donors (Lipinski definition) is 3. The fraction of sp³-hybridized carbons (Fsp3) is 0.750. The maximum absolute atomic E-state index is 11.2. The van der Waals surface area contributed by atoms with Gasteiger partial charge in [0, 0.05) is 7.05 Å². The van der Waals surface area contributed by atoms with Crippen molar-refractivity contribution in [2.45, 2.75) is 32.4 Å². The lowest BCUT2D eigenvalue weighted by atomic mass is 10.2. The molecule has 0 saturated heterocycles. The average Bonchev–Trinajstić information content (AvgIpc) is 2.14. The number of amides is 2. The van der Waals surface area contributed by atoms with E-state index in [1.54, 1.807) is 6.92 Å². The summed E-state index contributed by atoms with van der Waals surface area (Å²) >= 11 is 0. The standard InChI is InChI=1S/C8H17N3O2/c1-4-6(9)8(13)11-5(2)7(12)10-3/h5-6H,4,9H2,1-3H3,(H,10,12)(H,11,13)/t5?,6-/m0/s1. The Morgan fingerprint density at radius 3 is 2.31 bits per heavy atom. The summed E-state index contributed by atoms with van der Waals surface area (Å²) in [7, 11) is 1.52. The van der Waals surface area contributed by atoms with Crippen LogP contribution in [0.3, 0.4) is 0 Å². The fourth-order valence-corrected chi connectivity index (χ4v) is 0.788. The molecule has 2 amide bonds. The zero-order chi connectivity index (χ0) is 10.4. The van der Waals surface area contributed by atoms with Crippen molar-refractivity contribution in [3.05, 3.63) is 0 Å². The second kappa shape index (κ2) is 5.53. The molecule has 4 N–H and O–H groups in total. The molecule has 5 nitrogen and oxygen atoms in total. The minimum Gasteiger partial charge on any atom is -0.357 e. The maximum Gasteiger partial charge on any atom is 0.242 e. The van der Waals surface area contributed by atoms with Gasteiger partial charge in [-0.05, 0) is 13.3 Å². The summed E-state index contributed by atoms with van der Waals surface area (Å²) in [5.74, 6) is -0.518. The van der Waals surface area contributed by atoms with Gasteiger partial charge in [0.2, 0.25) is 11.8 Å². The number of hydrogen-bond acceptors (Lipinski definition) is 3. The molecule has 0 aromatic carbocycles. The van der Waals surface area contributed by atoms with Crippen LogP contribution in [-0.4, -0.2) is 30.9 Å². The van der Waals surface area contributed by atoms with E-state index >= 15 is 0 Å². The van der Waals surface area contributed by atoms with Gasteiger partial charge in [-0.15, -0.1) is 0 Å². The smallest absolute Gasteiger partial charge is 0.242 e. The largest absolute Gasteiger partial charge is 0.357 e. The predicted octanol–water partition coefficient (Wildman–Crippen LogP) is -1.03. The molecular formula is C8H17N3O2. The first-order chi connectivity index (χ1) is 6.02. The molecule has 0 aliphatic rings. The zero-order valence-corrected chi connectivity index (χ0v) is 8.26. The summed E-state index contributed by atoms with van der Waals surface area (Å²) in [6, 6.07) is -1.07. The Morgan fingerprint density at radius 1 is 1.38 bits per heavy atom. The number of rotatable bonds is 4. The molecule has 0 aromatic rings. The van der Waals surface area contributed by atoms with Crippen molar-refractivity contribution in [3.63, 3.8) is 0 Å². The van der Waals surface area contributed by atoms with E-state index in [0.29, 0.717) is 6.42 Å². The molecule has 0 fully saturated rings. The van der Waals surface area contributed by atoms with Crippen LogP contribution in [0.4, 0.5) is 0 Å². The highest BCUT2D eigenvalue weighted by Crippen LogP contribution is 1.88. The molecule has 0 spiro atoms. The average molecular weight is 187 g/mol. The van der Waals surface area contributed by atoms with Gasteiger partial charge in [0.15, 0.2) is 0 Å². The summed E-state index contributed by atoms with van der Waals surface area (Å²) in [6.45, 7) is 3.42. The quantitative estimate of drug-likeness (QED) is 0.526. The van der Waals surface area contributed by atoms with Crippen molar-refractivity contribution in [2.75, 3.05) is 7.05 Å². The molecule has 5 heteroatoms. The Bertz CT molecular complexity index is 194. The molecule has 76 valence electrons. The first-order valence-electron chi connectivity index (χ1n) is 4.30. The molecule has 0 rings (SSSR count). The molecule has 0 saturated carbocycles. The zero-order valence-electron chi connectivity index (χ0n) is 8.26. The van der Waals surface area contributed by atoms with Crippen molar-refractivity contribution in [1.82, 2.24) is 10.6 Å². The van der Waals surface area contributed by atoms with Crippen molar-refractivity contribution in [1.29, 1.82) is 0 Å². The van der Waals surface area contributed by atoms with Gasteiger partial charge in [0.1, 0.15) is 6.04 Å². The topological polar surface area (TPSA) is 84.2 Å². The summed E-state index contributed by atoms with van der Waals surface area (Å²) in [4.78, 5) is 22.2. The highest BCUT2D eigenvalue weighted by molar-refractivity contribution is 5.89. The second-order valence-electron chi connectivity index (χ2n) is 2.86. The number of likely N-dealkylation sites (N-methyl/N-ethyl adjacent to an activating group) is 1. The molecule has 1 unspecified atom stereocenters. The van der Waals surface area contributed by atoms with Gasteiger partial charge >= 0.3 is 0 Å². The summed E-state index contributed by atoms with van der Waals surface area (Å²) in [5, 5.41) is 4.94. The van der Waals surface area contributed by atoms with Gasteiger partial charge in [0.25, 0.3) is 0 Å². The highest BCUT2D eigenvalue weighted by atomic mass is 16.2. The molecular weight excluding hydrogens is 170 g/mol. The van der Waals surface area contributed by atoms with Gasteiger partial charge < -0.3 is 16.4 Å². The highest BCUT2D eigenvalue weighted by Gasteiger charge is 2.17. The molecule has 0 aliphatic carbocycles. The third kappa shape index (κ3) is 3.89. The Kier molecular flexibility index (Phi) is 5.06. The van der Waals surface area contributed by atoms with E-state index < -0.39 is 12.1 Å². The molecule has 2 atom stereocenters. The number of carbonyl (C=O) groups excluding carboxylic acids is 2. The second-order valence-corrected chi connectivity index (χ2v) is 2.86. The third-order valence-electron chi connectivity index (χ3n) is 1.78. The molecule has 0 bridgehead atoms. The van der Waals surface area contributed by atoms with E-state index in [-0.39, 0.29) is 11.8 Å². The third-order valence-corrected chi connectivity index (χ3v) is 1.78. The number of carbonyl (C=O) groups is 2. The first-order valence-corrected chi connectivity index (χ1v) is 4.30. The number of nitrogens with one attached hydrogen (secondary N) is 2. The molecule has 0 aromatic heterocycles. The first kappa shape index (κ1) is 11.9. The molecule has 0 radical (unpaired) electrons. The Labute approximate surface area is 78.1 Å². The SMILES string of the molecule is CC[C@H](N)C(=O)NC(C)C(=O)NC. The molecule has 0 aliphatic heterocycles. The van der Waals surface area contributed by atoms with E-state index in [9.17, 15) is 9.59 Å². The fourth-order valence-electron chi connectivity index (χ4n) is 0.788. The predicted molar refractivity (Wildman–Crippen MR) is 49.9 cm³/mol. The van der Waals surface area contributed by atoms with Gasteiger partial charge in [0.05, 0.1) is 6.04 Å². The van der Waals surface area contributed by atoms with Crippen LogP contribution in [0.2, 0.25) is 0 Å². The van der Waals surface area contributed by atoms with Gasteiger partial charge in [-0.25, -0.2) is 0 Å². The van der Waals surface area contributed by atoms with Crippen molar-refractivity contribution < 1.29 is 9.59 Å². The van der Waals surface area contributed by atoms with E-state index in [0.717, 1.165) is 0 Å². The van der Waals surface area contributed by atoms with Crippen molar-refractivity contribution >= 4 is 11.8 Å². The van der Waals surface area contributed by atoms with E-state index in [1.165, 1.54) is 7.05 Å². The van der Waals surface area contributed by atoms with Crippen molar-refractivity contribution in [2.24, 2.45) is 5.73 Å². The van der Waals surface area contributed by atoms with Crippen LogP contribution in [-0.2, 0) is 9.59 Å². The summed E-state index contributed by atoms with van der Waals surface area (Å²) in [5.41, 5.74) is 5.46. The lowest BCUT2D eigenvalue weighted by Gasteiger charge is -2.14. The van der Waals surface area contributed by atoms with Gasteiger partial charge in [-0.3, -0.25) is 9.59 Å². The minimum absolute atomic E-state index is 0.225. The van der Waals surface area contributed by atoms with Gasteiger partial charge in [-0.1, -0.05) is 6.92 Å². The maximum atomic E-state index is 11.2. The minimum atomic E-state index is -0.535.